The first kappa shape index (κ1) is 14.0. The van der Waals surface area contributed by atoms with Gasteiger partial charge < -0.3 is 15.8 Å². The summed E-state index contributed by atoms with van der Waals surface area (Å²) in [5.74, 6) is -0.200. The Bertz CT molecular complexity index is 371. The van der Waals surface area contributed by atoms with Crippen LogP contribution in [0.2, 0.25) is 5.02 Å². The molecule has 94 valence electrons. The van der Waals surface area contributed by atoms with Gasteiger partial charge in [0.2, 0.25) is 5.91 Å². The molecular weight excluding hydrogens is 240 g/mol. The third-order valence-electron chi connectivity index (χ3n) is 2.28. The monoisotopic (exact) mass is 256 g/mol. The zero-order chi connectivity index (χ0) is 12.7. The lowest BCUT2D eigenvalue weighted by atomic mass is 10.1. The van der Waals surface area contributed by atoms with Crippen molar-refractivity contribution in [3.63, 3.8) is 0 Å². The van der Waals surface area contributed by atoms with Gasteiger partial charge in [-0.2, -0.15) is 0 Å². The standard InChI is InChI=1S/C12H17ClN2O2/c1-17-8-11(14)12(16)15-6-5-9-3-2-4-10(13)7-9/h2-4,7,11H,5-6,8,14H2,1H3,(H,15,16). The Kier molecular flexibility index (Phi) is 5.97. The van der Waals surface area contributed by atoms with Gasteiger partial charge in [0.05, 0.1) is 6.61 Å². The number of amides is 1. The fourth-order valence-corrected chi connectivity index (χ4v) is 1.62. The van der Waals surface area contributed by atoms with E-state index in [1.807, 2.05) is 24.3 Å². The molecule has 0 saturated carbocycles. The maximum atomic E-state index is 11.4. The van der Waals surface area contributed by atoms with Crippen LogP contribution in [0.5, 0.6) is 0 Å². The number of nitrogens with two attached hydrogens (primary N) is 1. The van der Waals surface area contributed by atoms with Gasteiger partial charge in [0.25, 0.3) is 0 Å². The zero-order valence-corrected chi connectivity index (χ0v) is 10.5. The third kappa shape index (κ3) is 5.17. The Morgan fingerprint density at radius 1 is 1.59 bits per heavy atom. The van der Waals surface area contributed by atoms with E-state index in [4.69, 9.17) is 22.1 Å². The van der Waals surface area contributed by atoms with Crippen LogP contribution in [0.3, 0.4) is 0 Å². The summed E-state index contributed by atoms with van der Waals surface area (Å²) >= 11 is 5.85. The molecule has 0 spiro atoms. The second kappa shape index (κ2) is 7.27. The molecule has 1 unspecified atom stereocenters. The number of rotatable bonds is 6. The molecule has 1 rings (SSSR count). The Morgan fingerprint density at radius 3 is 3.00 bits per heavy atom. The fourth-order valence-electron chi connectivity index (χ4n) is 1.41. The molecule has 0 aliphatic heterocycles. The number of halogens is 1. The van der Waals surface area contributed by atoms with Crippen molar-refractivity contribution < 1.29 is 9.53 Å². The first-order valence-electron chi connectivity index (χ1n) is 5.40. The Labute approximate surface area is 106 Å². The Hall–Kier alpha value is -1.10. The van der Waals surface area contributed by atoms with Crippen LogP contribution in [0.15, 0.2) is 24.3 Å². The average Bonchev–Trinajstić information content (AvgIpc) is 2.29. The van der Waals surface area contributed by atoms with Crippen LogP contribution in [0.25, 0.3) is 0 Å². The van der Waals surface area contributed by atoms with Crippen LogP contribution in [-0.4, -0.2) is 32.2 Å². The van der Waals surface area contributed by atoms with Gasteiger partial charge >= 0.3 is 0 Å². The van der Waals surface area contributed by atoms with Crippen molar-refractivity contribution in [2.75, 3.05) is 20.3 Å². The van der Waals surface area contributed by atoms with Crippen LogP contribution in [0, 0.1) is 0 Å². The molecule has 0 aliphatic rings. The summed E-state index contributed by atoms with van der Waals surface area (Å²) in [5, 5.41) is 3.45. The maximum absolute atomic E-state index is 11.4. The minimum atomic E-state index is -0.612. The maximum Gasteiger partial charge on any atom is 0.239 e. The molecule has 0 aliphatic carbocycles. The molecule has 0 fully saturated rings. The minimum absolute atomic E-state index is 0.200. The summed E-state index contributed by atoms with van der Waals surface area (Å²) in [7, 11) is 1.51. The van der Waals surface area contributed by atoms with Crippen molar-refractivity contribution in [2.45, 2.75) is 12.5 Å². The van der Waals surface area contributed by atoms with Crippen LogP contribution in [0.1, 0.15) is 5.56 Å². The average molecular weight is 257 g/mol. The van der Waals surface area contributed by atoms with Gasteiger partial charge in [-0.1, -0.05) is 23.7 Å². The molecule has 1 atom stereocenters. The summed E-state index contributed by atoms with van der Waals surface area (Å²) < 4.78 is 4.80. The third-order valence-corrected chi connectivity index (χ3v) is 2.52. The Morgan fingerprint density at radius 2 is 2.35 bits per heavy atom. The lowest BCUT2D eigenvalue weighted by Crippen LogP contribution is -2.44. The van der Waals surface area contributed by atoms with E-state index in [2.05, 4.69) is 5.32 Å². The van der Waals surface area contributed by atoms with Crippen molar-refractivity contribution >= 4 is 17.5 Å². The van der Waals surface area contributed by atoms with Crippen molar-refractivity contribution in [3.8, 4) is 0 Å². The second-order valence-corrected chi connectivity index (χ2v) is 4.17. The molecule has 1 aromatic carbocycles. The summed E-state index contributed by atoms with van der Waals surface area (Å²) in [6.45, 7) is 0.763. The van der Waals surface area contributed by atoms with E-state index in [1.54, 1.807) is 0 Å². The lowest BCUT2D eigenvalue weighted by Gasteiger charge is -2.11. The molecule has 0 aromatic heterocycles. The van der Waals surface area contributed by atoms with Gasteiger partial charge in [-0.05, 0) is 24.1 Å². The first-order valence-corrected chi connectivity index (χ1v) is 5.78. The SMILES string of the molecule is COCC(N)C(=O)NCCc1cccc(Cl)c1. The Balaban J connectivity index is 2.30. The number of carbonyl (C=O) groups excluding carboxylic acids is 1. The predicted molar refractivity (Wildman–Crippen MR) is 68.0 cm³/mol. The van der Waals surface area contributed by atoms with E-state index in [0.29, 0.717) is 11.6 Å². The van der Waals surface area contributed by atoms with Crippen LogP contribution < -0.4 is 11.1 Å². The predicted octanol–water partition coefficient (Wildman–Crippen LogP) is 0.972. The van der Waals surface area contributed by atoms with Gasteiger partial charge in [-0.25, -0.2) is 0 Å². The number of hydrogen-bond donors (Lipinski definition) is 2. The van der Waals surface area contributed by atoms with Crippen molar-refractivity contribution in [2.24, 2.45) is 5.73 Å². The van der Waals surface area contributed by atoms with Crippen molar-refractivity contribution in [1.29, 1.82) is 0 Å². The fraction of sp³-hybridized carbons (Fsp3) is 0.417. The highest BCUT2D eigenvalue weighted by Gasteiger charge is 2.11. The second-order valence-electron chi connectivity index (χ2n) is 3.73. The molecule has 1 amide bonds. The number of carbonyl (C=O) groups is 1. The molecule has 1 aromatic rings. The normalized spacial score (nSPS) is 12.2. The van der Waals surface area contributed by atoms with Gasteiger partial charge in [0.1, 0.15) is 6.04 Å². The zero-order valence-electron chi connectivity index (χ0n) is 9.78. The van der Waals surface area contributed by atoms with E-state index < -0.39 is 6.04 Å². The molecule has 0 bridgehead atoms. The van der Waals surface area contributed by atoms with Crippen LogP contribution in [-0.2, 0) is 16.0 Å². The summed E-state index contributed by atoms with van der Waals surface area (Å²) in [6, 6.07) is 6.93. The van der Waals surface area contributed by atoms with Gasteiger partial charge in [-0.15, -0.1) is 0 Å². The molecule has 0 saturated heterocycles. The summed E-state index contributed by atoms with van der Waals surface area (Å²) in [6.07, 6.45) is 0.728. The summed E-state index contributed by atoms with van der Waals surface area (Å²) in [5.41, 5.74) is 6.65. The van der Waals surface area contributed by atoms with E-state index >= 15 is 0 Å². The molecular formula is C12H17ClN2O2. The highest BCUT2D eigenvalue weighted by Crippen LogP contribution is 2.10. The van der Waals surface area contributed by atoms with Crippen molar-refractivity contribution in [1.82, 2.24) is 5.32 Å². The first-order chi connectivity index (χ1) is 8.13. The molecule has 5 heteroatoms. The minimum Gasteiger partial charge on any atom is -0.383 e. The van der Waals surface area contributed by atoms with Crippen LogP contribution >= 0.6 is 11.6 Å². The van der Waals surface area contributed by atoms with Crippen LogP contribution in [0.4, 0.5) is 0 Å². The topological polar surface area (TPSA) is 64.3 Å². The van der Waals surface area contributed by atoms with Gasteiger partial charge in [0, 0.05) is 18.7 Å². The number of hydrogen-bond acceptors (Lipinski definition) is 3. The number of ether oxygens (including phenoxy) is 1. The largest absolute Gasteiger partial charge is 0.383 e. The molecule has 0 radical (unpaired) electrons. The summed E-state index contributed by atoms with van der Waals surface area (Å²) in [4.78, 5) is 11.4. The van der Waals surface area contributed by atoms with Gasteiger partial charge in [0.15, 0.2) is 0 Å². The number of benzene rings is 1. The quantitative estimate of drug-likeness (QED) is 0.797. The lowest BCUT2D eigenvalue weighted by molar-refractivity contribution is -0.123. The molecule has 3 N–H and O–H groups in total. The number of nitrogens with one attached hydrogen (secondary N) is 1. The molecule has 17 heavy (non-hydrogen) atoms. The van der Waals surface area contributed by atoms with E-state index in [-0.39, 0.29) is 12.5 Å². The van der Waals surface area contributed by atoms with Crippen molar-refractivity contribution in [3.05, 3.63) is 34.9 Å². The van der Waals surface area contributed by atoms with E-state index in [0.717, 1.165) is 12.0 Å². The highest BCUT2D eigenvalue weighted by molar-refractivity contribution is 6.30. The van der Waals surface area contributed by atoms with Gasteiger partial charge in [-0.3, -0.25) is 4.79 Å². The molecule has 4 nitrogen and oxygen atoms in total. The molecule has 0 heterocycles. The number of methoxy groups -OCH3 is 1. The highest BCUT2D eigenvalue weighted by atomic mass is 35.5. The van der Waals surface area contributed by atoms with E-state index in [1.165, 1.54) is 7.11 Å². The van der Waals surface area contributed by atoms with E-state index in [9.17, 15) is 4.79 Å². The smallest absolute Gasteiger partial charge is 0.239 e.